The maximum Gasteiger partial charge on any atom is 0.151 e. The molecule has 21 heavy (non-hydrogen) atoms. The average Bonchev–Trinajstić information content (AvgIpc) is 2.86. The number of hydrogen-bond donors (Lipinski definition) is 1. The van der Waals surface area contributed by atoms with Crippen LogP contribution in [0.25, 0.3) is 11.0 Å². The molecule has 4 nitrogen and oxygen atoms in total. The van der Waals surface area contributed by atoms with Crippen molar-refractivity contribution in [2.45, 2.75) is 45.4 Å². The highest BCUT2D eigenvalue weighted by molar-refractivity contribution is 5.76. The van der Waals surface area contributed by atoms with Crippen LogP contribution >= 0.6 is 0 Å². The second-order valence-corrected chi connectivity index (χ2v) is 5.86. The Hall–Kier alpha value is -1.46. The normalized spacial score (nSPS) is 17.0. The molecule has 1 aliphatic rings. The highest BCUT2D eigenvalue weighted by Crippen LogP contribution is 2.24. The van der Waals surface area contributed by atoms with E-state index in [9.17, 15) is 4.39 Å². The van der Waals surface area contributed by atoms with E-state index in [0.717, 1.165) is 37.3 Å². The largest absolute Gasteiger partial charge is 0.370 e. The first-order valence-corrected chi connectivity index (χ1v) is 7.64. The predicted molar refractivity (Wildman–Crippen MR) is 80.8 cm³/mol. The van der Waals surface area contributed by atoms with E-state index in [1.165, 1.54) is 6.07 Å². The van der Waals surface area contributed by atoms with Gasteiger partial charge in [0.25, 0.3) is 0 Å². The first kappa shape index (κ1) is 14.5. The number of rotatable bonds is 4. The summed E-state index contributed by atoms with van der Waals surface area (Å²) >= 11 is 0. The van der Waals surface area contributed by atoms with E-state index >= 15 is 0 Å². The molecule has 0 spiro atoms. The van der Waals surface area contributed by atoms with Crippen molar-refractivity contribution in [1.29, 1.82) is 0 Å². The van der Waals surface area contributed by atoms with Gasteiger partial charge >= 0.3 is 0 Å². The zero-order valence-corrected chi connectivity index (χ0v) is 12.6. The Morgan fingerprint density at radius 3 is 2.86 bits per heavy atom. The quantitative estimate of drug-likeness (QED) is 0.941. The van der Waals surface area contributed by atoms with Crippen molar-refractivity contribution in [3.05, 3.63) is 29.8 Å². The van der Waals surface area contributed by atoms with Crippen LogP contribution in [-0.4, -0.2) is 28.7 Å². The summed E-state index contributed by atoms with van der Waals surface area (Å²) in [6.07, 6.45) is 2.32. The van der Waals surface area contributed by atoms with Crippen molar-refractivity contribution in [2.75, 3.05) is 13.1 Å². The van der Waals surface area contributed by atoms with Crippen LogP contribution in [0.1, 0.15) is 38.6 Å². The molecule has 3 rings (SSSR count). The van der Waals surface area contributed by atoms with Crippen LogP contribution in [0.2, 0.25) is 0 Å². The van der Waals surface area contributed by atoms with Gasteiger partial charge in [0, 0.05) is 6.04 Å². The topological polar surface area (TPSA) is 39.1 Å². The Kier molecular flexibility index (Phi) is 4.22. The summed E-state index contributed by atoms with van der Waals surface area (Å²) in [6, 6.07) is 5.33. The van der Waals surface area contributed by atoms with Gasteiger partial charge in [-0.3, -0.25) is 0 Å². The number of nitrogens with one attached hydrogen (secondary N) is 1. The maximum absolute atomic E-state index is 13.9. The Labute approximate surface area is 124 Å². The molecule has 0 aliphatic carbocycles. The number of piperidine rings is 1. The molecule has 1 aliphatic heterocycles. The van der Waals surface area contributed by atoms with E-state index in [0.29, 0.717) is 12.1 Å². The minimum Gasteiger partial charge on any atom is -0.370 e. The molecule has 0 radical (unpaired) electrons. The molecule has 1 fully saturated rings. The lowest BCUT2D eigenvalue weighted by molar-refractivity contribution is 0.0163. The first-order valence-electron chi connectivity index (χ1n) is 7.64. The van der Waals surface area contributed by atoms with Crippen LogP contribution in [-0.2, 0) is 11.3 Å². The number of nitrogens with zero attached hydrogens (tertiary/aromatic N) is 2. The molecular formula is C16H22FN3O. The minimum atomic E-state index is -0.269. The minimum absolute atomic E-state index is 0.225. The number of benzene rings is 1. The fourth-order valence-corrected chi connectivity index (χ4v) is 2.96. The monoisotopic (exact) mass is 291 g/mol. The lowest BCUT2D eigenvalue weighted by Gasteiger charge is -2.23. The molecule has 114 valence electrons. The van der Waals surface area contributed by atoms with Crippen LogP contribution in [0, 0.1) is 5.82 Å². The Bertz CT molecular complexity index is 617. The highest BCUT2D eigenvalue weighted by Gasteiger charge is 2.18. The van der Waals surface area contributed by atoms with Crippen molar-refractivity contribution < 1.29 is 9.13 Å². The number of ether oxygens (including phenoxy) is 1. The molecule has 0 unspecified atom stereocenters. The summed E-state index contributed by atoms with van der Waals surface area (Å²) in [4.78, 5) is 4.47. The number of fused-ring (bicyclic) bond motifs is 1. The lowest BCUT2D eigenvalue weighted by Crippen LogP contribution is -2.32. The average molecular weight is 291 g/mol. The van der Waals surface area contributed by atoms with E-state index in [-0.39, 0.29) is 18.0 Å². The Balaban J connectivity index is 1.86. The summed E-state index contributed by atoms with van der Waals surface area (Å²) in [5.74, 6) is 0.540. The van der Waals surface area contributed by atoms with Crippen LogP contribution in [0.15, 0.2) is 18.2 Å². The van der Waals surface area contributed by atoms with Gasteiger partial charge in [0.15, 0.2) is 5.82 Å². The zero-order chi connectivity index (χ0) is 14.8. The van der Waals surface area contributed by atoms with Gasteiger partial charge in [-0.2, -0.15) is 0 Å². The van der Waals surface area contributed by atoms with Gasteiger partial charge in [-0.25, -0.2) is 9.37 Å². The first-order chi connectivity index (χ1) is 10.2. The van der Waals surface area contributed by atoms with Gasteiger partial charge in [0.05, 0.1) is 11.6 Å². The Morgan fingerprint density at radius 2 is 2.14 bits per heavy atom. The molecule has 0 saturated carbocycles. The summed E-state index contributed by atoms with van der Waals surface area (Å²) in [7, 11) is 0. The molecule has 0 bridgehead atoms. The van der Waals surface area contributed by atoms with E-state index in [1.807, 2.05) is 6.07 Å². The SMILES string of the molecule is CC(C)n1c(COC2CCNCC2)nc2c(F)cccc21. The van der Waals surface area contributed by atoms with Gasteiger partial charge < -0.3 is 14.6 Å². The molecule has 1 N–H and O–H groups in total. The molecular weight excluding hydrogens is 269 g/mol. The van der Waals surface area contributed by atoms with Gasteiger partial charge in [0.1, 0.15) is 17.9 Å². The van der Waals surface area contributed by atoms with Crippen molar-refractivity contribution in [3.63, 3.8) is 0 Å². The summed E-state index contributed by atoms with van der Waals surface area (Å²) < 4.78 is 22.0. The fourth-order valence-electron chi connectivity index (χ4n) is 2.96. The van der Waals surface area contributed by atoms with Gasteiger partial charge in [0.2, 0.25) is 0 Å². The van der Waals surface area contributed by atoms with Crippen molar-refractivity contribution in [3.8, 4) is 0 Å². The summed E-state index contributed by atoms with van der Waals surface area (Å²) in [6.45, 7) is 6.61. The number of halogens is 1. The lowest BCUT2D eigenvalue weighted by atomic mass is 10.1. The predicted octanol–water partition coefficient (Wildman–Crippen LogP) is 3.02. The molecule has 5 heteroatoms. The number of para-hydroxylation sites is 1. The number of aromatic nitrogens is 2. The number of hydrogen-bond acceptors (Lipinski definition) is 3. The molecule has 2 aromatic rings. The van der Waals surface area contributed by atoms with Crippen molar-refractivity contribution in [2.24, 2.45) is 0 Å². The van der Waals surface area contributed by atoms with Crippen molar-refractivity contribution >= 4 is 11.0 Å². The molecule has 1 aromatic heterocycles. The van der Waals surface area contributed by atoms with Crippen molar-refractivity contribution in [1.82, 2.24) is 14.9 Å². The molecule has 1 aromatic carbocycles. The van der Waals surface area contributed by atoms with Gasteiger partial charge in [-0.05, 0) is 51.9 Å². The Morgan fingerprint density at radius 1 is 1.38 bits per heavy atom. The smallest absolute Gasteiger partial charge is 0.151 e. The zero-order valence-electron chi connectivity index (χ0n) is 12.6. The van der Waals surface area contributed by atoms with Gasteiger partial charge in [-0.1, -0.05) is 6.07 Å². The van der Waals surface area contributed by atoms with Crippen LogP contribution in [0.5, 0.6) is 0 Å². The van der Waals surface area contributed by atoms with E-state index in [1.54, 1.807) is 6.07 Å². The number of imidazole rings is 1. The van der Waals surface area contributed by atoms with Gasteiger partial charge in [-0.15, -0.1) is 0 Å². The molecule has 1 saturated heterocycles. The molecule has 0 atom stereocenters. The highest BCUT2D eigenvalue weighted by atomic mass is 19.1. The third kappa shape index (κ3) is 2.94. The molecule has 0 amide bonds. The fraction of sp³-hybridized carbons (Fsp3) is 0.562. The summed E-state index contributed by atoms with van der Waals surface area (Å²) in [5.41, 5.74) is 1.28. The van der Waals surface area contributed by atoms with E-state index in [4.69, 9.17) is 4.74 Å². The van der Waals surface area contributed by atoms with Crippen LogP contribution < -0.4 is 5.32 Å². The van der Waals surface area contributed by atoms with E-state index < -0.39 is 0 Å². The van der Waals surface area contributed by atoms with E-state index in [2.05, 4.69) is 28.7 Å². The molecule has 2 heterocycles. The third-order valence-corrected chi connectivity index (χ3v) is 3.99. The second-order valence-electron chi connectivity index (χ2n) is 5.86. The standard InChI is InChI=1S/C16H22FN3O/c1-11(2)20-14-5-3-4-13(17)16(14)19-15(20)10-21-12-6-8-18-9-7-12/h3-5,11-12,18H,6-10H2,1-2H3. The summed E-state index contributed by atoms with van der Waals surface area (Å²) in [5, 5.41) is 3.32. The third-order valence-electron chi connectivity index (χ3n) is 3.99. The maximum atomic E-state index is 13.9. The van der Waals surface area contributed by atoms with Crippen LogP contribution in [0.4, 0.5) is 4.39 Å². The van der Waals surface area contributed by atoms with Crippen LogP contribution in [0.3, 0.4) is 0 Å². The second kappa shape index (κ2) is 6.12.